The zero-order valence-corrected chi connectivity index (χ0v) is 11.4. The molecule has 0 spiro atoms. The smallest absolute Gasteiger partial charge is 0.0155 e. The Bertz CT molecular complexity index is 159. The van der Waals surface area contributed by atoms with Crippen LogP contribution in [0.4, 0.5) is 0 Å². The summed E-state index contributed by atoms with van der Waals surface area (Å²) in [4.78, 5) is 2.53. The lowest BCUT2D eigenvalue weighted by Gasteiger charge is -2.42. The van der Waals surface area contributed by atoms with Gasteiger partial charge in [-0.1, -0.05) is 27.7 Å². The van der Waals surface area contributed by atoms with Crippen LogP contribution >= 0.6 is 0 Å². The van der Waals surface area contributed by atoms with Crippen molar-refractivity contribution in [3.05, 3.63) is 0 Å². The molecule has 1 atom stereocenters. The first-order chi connectivity index (χ1) is 6.18. The minimum Gasteiger partial charge on any atom is -0.298 e. The van der Waals surface area contributed by atoms with Gasteiger partial charge < -0.3 is 0 Å². The summed E-state index contributed by atoms with van der Waals surface area (Å²) < 4.78 is 0. The molecule has 0 aromatic rings. The van der Waals surface area contributed by atoms with Crippen LogP contribution in [0.3, 0.4) is 0 Å². The SMILES string of the molecule is CC(C)CC(C)(C)N(C)[C@@H](C)C(C)C. The van der Waals surface area contributed by atoms with Crippen molar-refractivity contribution < 1.29 is 0 Å². The molecular formula is C13H29N. The van der Waals surface area contributed by atoms with E-state index in [9.17, 15) is 0 Å². The van der Waals surface area contributed by atoms with Crippen molar-refractivity contribution in [1.29, 1.82) is 0 Å². The van der Waals surface area contributed by atoms with E-state index in [0.29, 0.717) is 11.6 Å². The summed E-state index contributed by atoms with van der Waals surface area (Å²) >= 11 is 0. The fraction of sp³-hybridized carbons (Fsp3) is 1.00. The van der Waals surface area contributed by atoms with Gasteiger partial charge in [-0.15, -0.1) is 0 Å². The van der Waals surface area contributed by atoms with Gasteiger partial charge in [0.25, 0.3) is 0 Å². The van der Waals surface area contributed by atoms with Gasteiger partial charge in [0, 0.05) is 11.6 Å². The van der Waals surface area contributed by atoms with Crippen LogP contribution in [0, 0.1) is 11.8 Å². The third-order valence-electron chi connectivity index (χ3n) is 3.44. The van der Waals surface area contributed by atoms with Crippen molar-refractivity contribution in [3.63, 3.8) is 0 Å². The van der Waals surface area contributed by atoms with Crippen LogP contribution in [0.25, 0.3) is 0 Å². The average molecular weight is 199 g/mol. The number of hydrogen-bond acceptors (Lipinski definition) is 1. The van der Waals surface area contributed by atoms with E-state index >= 15 is 0 Å². The first kappa shape index (κ1) is 14.0. The molecule has 14 heavy (non-hydrogen) atoms. The van der Waals surface area contributed by atoms with Crippen molar-refractivity contribution in [3.8, 4) is 0 Å². The van der Waals surface area contributed by atoms with Crippen molar-refractivity contribution in [1.82, 2.24) is 4.90 Å². The summed E-state index contributed by atoms with van der Waals surface area (Å²) in [6.07, 6.45) is 1.26. The molecule has 0 amide bonds. The molecule has 86 valence electrons. The molecule has 0 heterocycles. The van der Waals surface area contributed by atoms with E-state index in [2.05, 4.69) is 60.4 Å². The molecule has 0 unspecified atom stereocenters. The third kappa shape index (κ3) is 4.00. The summed E-state index contributed by atoms with van der Waals surface area (Å²) in [5, 5.41) is 0. The lowest BCUT2D eigenvalue weighted by molar-refractivity contribution is 0.0678. The van der Waals surface area contributed by atoms with Crippen LogP contribution in [-0.4, -0.2) is 23.5 Å². The fourth-order valence-electron chi connectivity index (χ4n) is 2.14. The molecule has 1 nitrogen and oxygen atoms in total. The zero-order chi connectivity index (χ0) is 11.5. The molecule has 0 aliphatic heterocycles. The van der Waals surface area contributed by atoms with E-state index in [1.807, 2.05) is 0 Å². The average Bonchev–Trinajstić information content (AvgIpc) is 1.99. The maximum atomic E-state index is 2.53. The second-order valence-corrected chi connectivity index (χ2v) is 6.01. The predicted octanol–water partition coefficient (Wildman–Crippen LogP) is 3.79. The van der Waals surface area contributed by atoms with Crippen LogP contribution in [0.5, 0.6) is 0 Å². The Hall–Kier alpha value is -0.0400. The van der Waals surface area contributed by atoms with Crippen molar-refractivity contribution in [2.24, 2.45) is 11.8 Å². The van der Waals surface area contributed by atoms with Gasteiger partial charge in [0.05, 0.1) is 0 Å². The van der Waals surface area contributed by atoms with E-state index in [-0.39, 0.29) is 0 Å². The Morgan fingerprint density at radius 3 is 1.71 bits per heavy atom. The van der Waals surface area contributed by atoms with Crippen LogP contribution in [0.15, 0.2) is 0 Å². The van der Waals surface area contributed by atoms with E-state index < -0.39 is 0 Å². The minimum atomic E-state index is 0.317. The highest BCUT2D eigenvalue weighted by Gasteiger charge is 2.28. The zero-order valence-electron chi connectivity index (χ0n) is 11.4. The molecule has 0 radical (unpaired) electrons. The Labute approximate surface area is 90.9 Å². The molecule has 0 aliphatic carbocycles. The first-order valence-electron chi connectivity index (χ1n) is 5.91. The number of hydrogen-bond donors (Lipinski definition) is 0. The van der Waals surface area contributed by atoms with Gasteiger partial charge in [-0.25, -0.2) is 0 Å². The van der Waals surface area contributed by atoms with Gasteiger partial charge in [0.2, 0.25) is 0 Å². The highest BCUT2D eigenvalue weighted by atomic mass is 15.2. The molecule has 0 saturated carbocycles. The lowest BCUT2D eigenvalue weighted by Crippen LogP contribution is -2.48. The van der Waals surface area contributed by atoms with Gasteiger partial charge in [-0.2, -0.15) is 0 Å². The molecule has 0 aromatic heterocycles. The minimum absolute atomic E-state index is 0.317. The maximum absolute atomic E-state index is 2.53. The highest BCUT2D eigenvalue weighted by molar-refractivity contribution is 4.84. The normalized spacial score (nSPS) is 15.6. The summed E-state index contributed by atoms with van der Waals surface area (Å²) in [5.74, 6) is 1.50. The Kier molecular flexibility index (Phi) is 5.14. The van der Waals surface area contributed by atoms with Gasteiger partial charge in [-0.3, -0.25) is 4.90 Å². The van der Waals surface area contributed by atoms with Gasteiger partial charge in [-0.05, 0) is 46.1 Å². The Morgan fingerprint density at radius 2 is 1.43 bits per heavy atom. The molecule has 0 N–H and O–H groups in total. The fourth-order valence-corrected chi connectivity index (χ4v) is 2.14. The predicted molar refractivity (Wildman–Crippen MR) is 65.6 cm³/mol. The molecule has 0 rings (SSSR count). The van der Waals surface area contributed by atoms with E-state index in [1.165, 1.54) is 6.42 Å². The summed E-state index contributed by atoms with van der Waals surface area (Å²) in [5.41, 5.74) is 0.317. The molecule has 1 heteroatoms. The molecule has 0 aliphatic rings. The van der Waals surface area contributed by atoms with E-state index in [1.54, 1.807) is 0 Å². The molecule has 0 saturated heterocycles. The van der Waals surface area contributed by atoms with Crippen LogP contribution in [0.2, 0.25) is 0 Å². The Morgan fingerprint density at radius 1 is 1.00 bits per heavy atom. The molecular weight excluding hydrogens is 170 g/mol. The summed E-state index contributed by atoms with van der Waals surface area (Å²) in [6.45, 7) is 16.2. The number of nitrogens with zero attached hydrogens (tertiary/aromatic N) is 1. The van der Waals surface area contributed by atoms with Crippen molar-refractivity contribution in [2.45, 2.75) is 66.5 Å². The third-order valence-corrected chi connectivity index (χ3v) is 3.44. The van der Waals surface area contributed by atoms with Crippen molar-refractivity contribution in [2.75, 3.05) is 7.05 Å². The highest BCUT2D eigenvalue weighted by Crippen LogP contribution is 2.26. The summed E-state index contributed by atoms with van der Waals surface area (Å²) in [6, 6.07) is 0.656. The quantitative estimate of drug-likeness (QED) is 0.651. The van der Waals surface area contributed by atoms with Gasteiger partial charge in [0.1, 0.15) is 0 Å². The first-order valence-corrected chi connectivity index (χ1v) is 5.91. The van der Waals surface area contributed by atoms with Crippen LogP contribution < -0.4 is 0 Å². The van der Waals surface area contributed by atoms with E-state index in [0.717, 1.165) is 11.8 Å². The second-order valence-electron chi connectivity index (χ2n) is 6.01. The number of rotatable bonds is 5. The second kappa shape index (κ2) is 5.16. The van der Waals surface area contributed by atoms with Crippen LogP contribution in [0.1, 0.15) is 54.9 Å². The molecule has 0 fully saturated rings. The largest absolute Gasteiger partial charge is 0.298 e. The summed E-state index contributed by atoms with van der Waals surface area (Å²) in [7, 11) is 2.26. The molecule has 0 bridgehead atoms. The van der Waals surface area contributed by atoms with Crippen LogP contribution in [-0.2, 0) is 0 Å². The topological polar surface area (TPSA) is 3.24 Å². The molecule has 0 aromatic carbocycles. The van der Waals surface area contributed by atoms with Crippen molar-refractivity contribution >= 4 is 0 Å². The van der Waals surface area contributed by atoms with Gasteiger partial charge >= 0.3 is 0 Å². The lowest BCUT2D eigenvalue weighted by atomic mass is 9.88. The standard InChI is InChI=1S/C13H29N/c1-10(2)9-13(6,7)14(8)12(5)11(3)4/h10-12H,9H2,1-8H3/t12-/m0/s1. The Balaban J connectivity index is 4.40. The van der Waals surface area contributed by atoms with E-state index in [4.69, 9.17) is 0 Å². The van der Waals surface area contributed by atoms with Gasteiger partial charge in [0.15, 0.2) is 0 Å². The monoisotopic (exact) mass is 199 g/mol. The maximum Gasteiger partial charge on any atom is 0.0155 e.